The summed E-state index contributed by atoms with van der Waals surface area (Å²) in [7, 11) is 2.22. The van der Waals surface area contributed by atoms with Crippen LogP contribution in [0.4, 0.5) is 0 Å². The molecule has 0 aliphatic carbocycles. The molecule has 0 radical (unpaired) electrons. The van der Waals surface area contributed by atoms with Gasteiger partial charge in [0.2, 0.25) is 0 Å². The number of hydrogen-bond donors (Lipinski definition) is 1. The van der Waals surface area contributed by atoms with E-state index >= 15 is 0 Å². The number of likely N-dealkylation sites (N-methyl/N-ethyl adjacent to an activating group) is 1. The van der Waals surface area contributed by atoms with Gasteiger partial charge >= 0.3 is 0 Å². The van der Waals surface area contributed by atoms with E-state index in [0.717, 1.165) is 24.2 Å². The molecule has 5 heteroatoms. The zero-order valence-corrected chi connectivity index (χ0v) is 20.7. The third kappa shape index (κ3) is 9.34. The minimum atomic E-state index is 0.0203. The van der Waals surface area contributed by atoms with Crippen molar-refractivity contribution in [3.63, 3.8) is 0 Å². The highest BCUT2D eigenvalue weighted by molar-refractivity contribution is 5.97. The van der Waals surface area contributed by atoms with Gasteiger partial charge in [-0.25, -0.2) is 0 Å². The summed E-state index contributed by atoms with van der Waals surface area (Å²) in [6.45, 7) is 7.01. The molecule has 33 heavy (non-hydrogen) atoms. The Bertz CT molecular complexity index is 781. The molecule has 1 N–H and O–H groups in total. The third-order valence-corrected chi connectivity index (χ3v) is 6.81. The molecule has 3 rings (SSSR count). The number of unbranched alkanes of at least 4 members (excludes halogenated alkanes) is 9. The zero-order valence-electron chi connectivity index (χ0n) is 20.7. The molecule has 182 valence electrons. The van der Waals surface area contributed by atoms with Crippen molar-refractivity contribution in [2.45, 2.75) is 64.2 Å². The van der Waals surface area contributed by atoms with Gasteiger partial charge in [0.15, 0.2) is 0 Å². The van der Waals surface area contributed by atoms with Crippen molar-refractivity contribution in [2.24, 2.45) is 0 Å². The maximum Gasteiger partial charge on any atom is 0.253 e. The largest absolute Gasteiger partial charge is 0.352 e. The van der Waals surface area contributed by atoms with Crippen molar-refractivity contribution >= 4 is 5.91 Å². The predicted molar refractivity (Wildman–Crippen MR) is 138 cm³/mol. The molecule has 1 aliphatic rings. The van der Waals surface area contributed by atoms with Crippen molar-refractivity contribution in [2.75, 3.05) is 46.3 Å². The second-order valence-electron chi connectivity index (χ2n) is 9.54. The van der Waals surface area contributed by atoms with Crippen LogP contribution in [0.15, 0.2) is 48.8 Å². The Morgan fingerprint density at radius 2 is 1.33 bits per heavy atom. The number of nitrogens with zero attached hydrogens (tertiary/aromatic N) is 3. The van der Waals surface area contributed by atoms with E-state index in [2.05, 4.69) is 22.2 Å². The van der Waals surface area contributed by atoms with Crippen LogP contribution in [-0.2, 0) is 0 Å². The Kier molecular flexibility index (Phi) is 11.5. The van der Waals surface area contributed by atoms with Crippen molar-refractivity contribution in [3.05, 3.63) is 54.4 Å². The first-order valence-electron chi connectivity index (χ1n) is 13.2. The zero-order chi connectivity index (χ0) is 23.1. The highest BCUT2D eigenvalue weighted by atomic mass is 16.1. The molecule has 1 fully saturated rings. The Balaban J connectivity index is 1.13. The number of aromatic nitrogens is 1. The Labute approximate surface area is 201 Å². The van der Waals surface area contributed by atoms with Crippen LogP contribution in [-0.4, -0.2) is 66.6 Å². The van der Waals surface area contributed by atoms with Gasteiger partial charge in [0, 0.05) is 45.1 Å². The third-order valence-electron chi connectivity index (χ3n) is 6.81. The quantitative estimate of drug-likeness (QED) is 0.370. The molecule has 1 aliphatic heterocycles. The number of para-hydroxylation sites is 1. The van der Waals surface area contributed by atoms with Gasteiger partial charge in [-0.3, -0.25) is 4.79 Å². The number of amides is 1. The summed E-state index contributed by atoms with van der Waals surface area (Å²) < 4.78 is 1.99. The summed E-state index contributed by atoms with van der Waals surface area (Å²) >= 11 is 0. The molecule has 1 amide bonds. The van der Waals surface area contributed by atoms with Crippen LogP contribution in [0.5, 0.6) is 0 Å². The normalized spacial score (nSPS) is 15.1. The van der Waals surface area contributed by atoms with E-state index in [4.69, 9.17) is 0 Å². The molecule has 1 aromatic heterocycles. The van der Waals surface area contributed by atoms with Crippen molar-refractivity contribution in [3.8, 4) is 5.69 Å². The summed E-state index contributed by atoms with van der Waals surface area (Å²) in [5, 5.41) is 3.10. The maximum absolute atomic E-state index is 12.6. The standard InChI is InChI=1S/C28H44N4O/c1-30-22-24-31(25-23-30)19-13-9-7-5-3-2-4-6-8-12-18-29-28(33)26-16-10-11-17-27(26)32-20-14-15-21-32/h10-11,14-17,20-21H,2-9,12-13,18-19,22-25H2,1H3,(H,29,33). The molecule has 1 saturated heterocycles. The van der Waals surface area contributed by atoms with Crippen LogP contribution < -0.4 is 5.32 Å². The van der Waals surface area contributed by atoms with Gasteiger partial charge in [-0.2, -0.15) is 0 Å². The molecular weight excluding hydrogens is 408 g/mol. The summed E-state index contributed by atoms with van der Waals surface area (Å²) in [6, 6.07) is 11.7. The van der Waals surface area contributed by atoms with Crippen LogP contribution >= 0.6 is 0 Å². The number of nitrogens with one attached hydrogen (secondary N) is 1. The highest BCUT2D eigenvalue weighted by Gasteiger charge is 2.13. The molecule has 0 saturated carbocycles. The van der Waals surface area contributed by atoms with Gasteiger partial charge in [0.05, 0.1) is 11.3 Å². The van der Waals surface area contributed by atoms with Crippen LogP contribution in [0, 0.1) is 0 Å². The first-order valence-corrected chi connectivity index (χ1v) is 13.2. The lowest BCUT2D eigenvalue weighted by Gasteiger charge is -2.32. The minimum Gasteiger partial charge on any atom is -0.352 e. The first-order chi connectivity index (χ1) is 16.2. The molecule has 2 aromatic rings. The predicted octanol–water partition coefficient (Wildman–Crippen LogP) is 5.36. The fourth-order valence-corrected chi connectivity index (χ4v) is 4.63. The Morgan fingerprint density at radius 1 is 0.758 bits per heavy atom. The van der Waals surface area contributed by atoms with Crippen molar-refractivity contribution in [1.82, 2.24) is 19.7 Å². The number of piperazine rings is 1. The van der Waals surface area contributed by atoms with Gasteiger partial charge in [-0.15, -0.1) is 0 Å². The number of carbonyl (C=O) groups excluding carboxylic acids is 1. The lowest BCUT2D eigenvalue weighted by Crippen LogP contribution is -2.44. The van der Waals surface area contributed by atoms with E-state index in [1.165, 1.54) is 90.5 Å². The SMILES string of the molecule is CN1CCN(CCCCCCCCCCCCNC(=O)c2ccccc2-n2cccc2)CC1. The molecule has 2 heterocycles. The van der Waals surface area contributed by atoms with Crippen LogP contribution in [0.3, 0.4) is 0 Å². The van der Waals surface area contributed by atoms with Crippen LogP contribution in [0.2, 0.25) is 0 Å². The van der Waals surface area contributed by atoms with Gasteiger partial charge in [0.1, 0.15) is 0 Å². The molecule has 0 spiro atoms. The summed E-state index contributed by atoms with van der Waals surface area (Å²) in [5.74, 6) is 0.0203. The van der Waals surface area contributed by atoms with E-state index < -0.39 is 0 Å². The van der Waals surface area contributed by atoms with Crippen LogP contribution in [0.1, 0.15) is 74.6 Å². The number of hydrogen-bond acceptors (Lipinski definition) is 3. The molecule has 1 aromatic carbocycles. The number of rotatable bonds is 15. The van der Waals surface area contributed by atoms with E-state index in [1.54, 1.807) is 0 Å². The minimum absolute atomic E-state index is 0.0203. The average Bonchev–Trinajstić information content (AvgIpc) is 3.38. The van der Waals surface area contributed by atoms with E-state index in [1.807, 2.05) is 53.4 Å². The second-order valence-corrected chi connectivity index (χ2v) is 9.54. The Morgan fingerprint density at radius 3 is 2.00 bits per heavy atom. The smallest absolute Gasteiger partial charge is 0.253 e. The van der Waals surface area contributed by atoms with Crippen LogP contribution in [0.25, 0.3) is 5.69 Å². The van der Waals surface area contributed by atoms with Crippen molar-refractivity contribution < 1.29 is 4.79 Å². The Hall–Kier alpha value is -2.11. The number of carbonyl (C=O) groups is 1. The van der Waals surface area contributed by atoms with E-state index in [9.17, 15) is 4.79 Å². The van der Waals surface area contributed by atoms with Crippen molar-refractivity contribution in [1.29, 1.82) is 0 Å². The lowest BCUT2D eigenvalue weighted by atomic mass is 10.1. The van der Waals surface area contributed by atoms with E-state index in [0.29, 0.717) is 0 Å². The molecule has 5 nitrogen and oxygen atoms in total. The highest BCUT2D eigenvalue weighted by Crippen LogP contribution is 2.15. The summed E-state index contributed by atoms with van der Waals surface area (Å²) in [5.41, 5.74) is 1.66. The second kappa shape index (κ2) is 14.9. The summed E-state index contributed by atoms with van der Waals surface area (Å²) in [4.78, 5) is 17.7. The fourth-order valence-electron chi connectivity index (χ4n) is 4.63. The summed E-state index contributed by atoms with van der Waals surface area (Å²) in [6.07, 6.45) is 17.1. The van der Waals surface area contributed by atoms with E-state index in [-0.39, 0.29) is 5.91 Å². The maximum atomic E-state index is 12.6. The van der Waals surface area contributed by atoms with Gasteiger partial charge in [0.25, 0.3) is 5.91 Å². The molecule has 0 atom stereocenters. The molecule has 0 bridgehead atoms. The molecular formula is C28H44N4O. The fraction of sp³-hybridized carbons (Fsp3) is 0.607. The number of benzene rings is 1. The monoisotopic (exact) mass is 452 g/mol. The topological polar surface area (TPSA) is 40.5 Å². The molecule has 0 unspecified atom stereocenters. The first kappa shape index (κ1) is 25.5. The average molecular weight is 453 g/mol. The van der Waals surface area contributed by atoms with Gasteiger partial charge in [-0.05, 0) is 50.7 Å². The van der Waals surface area contributed by atoms with Gasteiger partial charge in [-0.1, -0.05) is 63.5 Å². The lowest BCUT2D eigenvalue weighted by molar-refractivity contribution is 0.0953. The van der Waals surface area contributed by atoms with Gasteiger partial charge < -0.3 is 19.7 Å².